The molecule has 1 amide bonds. The molecular weight excluding hydrogens is 300 g/mol. The van der Waals surface area contributed by atoms with Crippen molar-refractivity contribution in [2.75, 3.05) is 6.54 Å². The molecule has 1 aliphatic rings. The zero-order valence-corrected chi connectivity index (χ0v) is 14.4. The largest absolute Gasteiger partial charge is 0.354 e. The molecule has 1 heterocycles. The second-order valence-electron chi connectivity index (χ2n) is 6.99. The fraction of sp³-hybridized carbons (Fsp3) is 0.474. The molecule has 1 aromatic carbocycles. The number of nitrogens with two attached hydrogens (primary N) is 1. The molecular formula is C19H26N4O. The molecule has 5 heteroatoms. The zero-order valence-electron chi connectivity index (χ0n) is 14.4. The number of nitrogens with one attached hydrogen (secondary N) is 2. The topological polar surface area (TPSA) is 83.8 Å². The van der Waals surface area contributed by atoms with Crippen molar-refractivity contribution in [3.8, 4) is 0 Å². The number of carbonyl (C=O) groups is 1. The number of fused-ring (bicyclic) bond motifs is 1. The number of aromatic nitrogens is 2. The second-order valence-corrected chi connectivity index (χ2v) is 6.99. The fourth-order valence-electron chi connectivity index (χ4n) is 3.23. The maximum atomic E-state index is 12.4. The molecule has 0 bridgehead atoms. The van der Waals surface area contributed by atoms with Crippen LogP contribution in [0.25, 0.3) is 0 Å². The number of benzene rings is 1. The van der Waals surface area contributed by atoms with Gasteiger partial charge in [0.1, 0.15) is 0 Å². The first-order chi connectivity index (χ1) is 11.5. The van der Waals surface area contributed by atoms with Crippen molar-refractivity contribution in [3.05, 3.63) is 52.8 Å². The molecule has 2 atom stereocenters. The van der Waals surface area contributed by atoms with E-state index >= 15 is 0 Å². The highest BCUT2D eigenvalue weighted by molar-refractivity contribution is 5.79. The van der Waals surface area contributed by atoms with Crippen molar-refractivity contribution in [1.82, 2.24) is 15.5 Å². The number of rotatable bonds is 5. The highest BCUT2D eigenvalue weighted by Gasteiger charge is 2.26. The van der Waals surface area contributed by atoms with Gasteiger partial charge in [-0.05, 0) is 35.4 Å². The lowest BCUT2D eigenvalue weighted by molar-refractivity contribution is -0.125. The van der Waals surface area contributed by atoms with E-state index in [1.165, 1.54) is 11.1 Å². The molecule has 0 saturated carbocycles. The van der Waals surface area contributed by atoms with E-state index in [1.807, 2.05) is 6.20 Å². The van der Waals surface area contributed by atoms with Crippen molar-refractivity contribution >= 4 is 5.91 Å². The molecule has 128 valence electrons. The molecule has 0 radical (unpaired) electrons. The average molecular weight is 326 g/mol. The first-order valence-corrected chi connectivity index (χ1v) is 8.69. The van der Waals surface area contributed by atoms with Crippen LogP contribution in [0.1, 0.15) is 54.6 Å². The predicted octanol–water partition coefficient (Wildman–Crippen LogP) is 2.45. The zero-order chi connectivity index (χ0) is 17.1. The van der Waals surface area contributed by atoms with Gasteiger partial charge >= 0.3 is 0 Å². The summed E-state index contributed by atoms with van der Waals surface area (Å²) in [6.07, 6.45) is 4.38. The van der Waals surface area contributed by atoms with Gasteiger partial charge in [-0.1, -0.05) is 38.1 Å². The first-order valence-electron chi connectivity index (χ1n) is 8.69. The average Bonchev–Trinajstić information content (AvgIpc) is 3.07. The molecule has 0 unspecified atom stereocenters. The van der Waals surface area contributed by atoms with Crippen LogP contribution in [0, 0.1) is 5.92 Å². The Balaban J connectivity index is 1.52. The Kier molecular flexibility index (Phi) is 5.00. The molecule has 1 aliphatic carbocycles. The van der Waals surface area contributed by atoms with Crippen molar-refractivity contribution < 1.29 is 4.79 Å². The number of H-pyrrole nitrogens is 1. The number of carbonyl (C=O) groups excluding carboxylic acids is 1. The van der Waals surface area contributed by atoms with Crippen LogP contribution in [0.4, 0.5) is 0 Å². The van der Waals surface area contributed by atoms with Gasteiger partial charge in [-0.25, -0.2) is 0 Å². The second kappa shape index (κ2) is 7.18. The lowest BCUT2D eigenvalue weighted by Crippen LogP contribution is -2.38. The Morgan fingerprint density at radius 3 is 2.75 bits per heavy atom. The van der Waals surface area contributed by atoms with Gasteiger partial charge in [-0.15, -0.1) is 0 Å². The smallest absolute Gasteiger partial charge is 0.223 e. The van der Waals surface area contributed by atoms with Crippen molar-refractivity contribution in [1.29, 1.82) is 0 Å². The third kappa shape index (κ3) is 3.67. The summed E-state index contributed by atoms with van der Waals surface area (Å²) in [4.78, 5) is 12.4. The molecule has 5 nitrogen and oxygen atoms in total. The molecule has 0 fully saturated rings. The van der Waals surface area contributed by atoms with E-state index in [9.17, 15) is 4.79 Å². The predicted molar refractivity (Wildman–Crippen MR) is 94.6 cm³/mol. The highest BCUT2D eigenvalue weighted by atomic mass is 16.1. The Bertz CT molecular complexity index is 690. The summed E-state index contributed by atoms with van der Waals surface area (Å²) in [5, 5.41) is 10.1. The quantitative estimate of drug-likeness (QED) is 0.789. The monoisotopic (exact) mass is 326 g/mol. The van der Waals surface area contributed by atoms with Crippen LogP contribution < -0.4 is 11.1 Å². The van der Waals surface area contributed by atoms with Crippen LogP contribution in [0.2, 0.25) is 0 Å². The van der Waals surface area contributed by atoms with Gasteiger partial charge in [0, 0.05) is 30.6 Å². The minimum atomic E-state index is -0.179. The summed E-state index contributed by atoms with van der Waals surface area (Å²) in [7, 11) is 0. The molecule has 24 heavy (non-hydrogen) atoms. The Hall–Kier alpha value is -2.14. The van der Waals surface area contributed by atoms with E-state index in [1.54, 1.807) is 0 Å². The van der Waals surface area contributed by atoms with E-state index in [0.717, 1.165) is 30.5 Å². The number of aryl methyl sites for hydroxylation is 1. The normalized spacial score (nSPS) is 18.2. The van der Waals surface area contributed by atoms with Gasteiger partial charge in [0.15, 0.2) is 0 Å². The summed E-state index contributed by atoms with van der Waals surface area (Å²) in [5.41, 5.74) is 10.9. The molecule has 1 aromatic heterocycles. The highest BCUT2D eigenvalue weighted by Crippen LogP contribution is 2.24. The van der Waals surface area contributed by atoms with Crippen LogP contribution in [0.5, 0.6) is 0 Å². The number of hydrogen-bond donors (Lipinski definition) is 3. The van der Waals surface area contributed by atoms with E-state index in [0.29, 0.717) is 12.5 Å². The Morgan fingerprint density at radius 1 is 1.33 bits per heavy atom. The Labute approximate surface area is 143 Å². The fourth-order valence-corrected chi connectivity index (χ4v) is 3.23. The lowest BCUT2D eigenvalue weighted by atomic mass is 9.87. The van der Waals surface area contributed by atoms with Crippen LogP contribution in [0.3, 0.4) is 0 Å². The van der Waals surface area contributed by atoms with Gasteiger partial charge in [0.25, 0.3) is 0 Å². The minimum absolute atomic E-state index is 0.00784. The number of aromatic amines is 1. The number of amides is 1. The maximum absolute atomic E-state index is 12.4. The molecule has 0 aliphatic heterocycles. The van der Waals surface area contributed by atoms with Crippen LogP contribution >= 0.6 is 0 Å². The van der Waals surface area contributed by atoms with Crippen LogP contribution in [0.15, 0.2) is 30.5 Å². The van der Waals surface area contributed by atoms with E-state index < -0.39 is 0 Å². The third-order valence-electron chi connectivity index (χ3n) is 4.92. The maximum Gasteiger partial charge on any atom is 0.223 e. The van der Waals surface area contributed by atoms with Gasteiger partial charge in [0.05, 0.1) is 6.20 Å². The molecule has 0 saturated heterocycles. The Morgan fingerprint density at radius 2 is 2.04 bits per heavy atom. The molecule has 2 aromatic rings. The summed E-state index contributed by atoms with van der Waals surface area (Å²) in [5.74, 6) is 0.603. The van der Waals surface area contributed by atoms with Crippen molar-refractivity contribution in [3.63, 3.8) is 0 Å². The van der Waals surface area contributed by atoms with Gasteiger partial charge in [0.2, 0.25) is 5.91 Å². The van der Waals surface area contributed by atoms with E-state index in [2.05, 4.69) is 53.6 Å². The third-order valence-corrected chi connectivity index (χ3v) is 4.92. The van der Waals surface area contributed by atoms with Crippen LogP contribution in [-0.2, 0) is 17.6 Å². The van der Waals surface area contributed by atoms with Crippen molar-refractivity contribution in [2.24, 2.45) is 11.7 Å². The van der Waals surface area contributed by atoms with Gasteiger partial charge in [-0.2, -0.15) is 5.10 Å². The summed E-state index contributed by atoms with van der Waals surface area (Å²) >= 11 is 0. The SMILES string of the molecule is CC(C)c1ccc([C@@H](N)CNC(=O)[C@H]2CCc3cn[nH]c3C2)cc1. The summed E-state index contributed by atoms with van der Waals surface area (Å²) in [6.45, 7) is 4.81. The standard InChI is InChI=1S/C19H26N4O/c1-12(2)13-3-5-14(6-4-13)17(20)11-21-19(24)15-7-8-16-10-22-23-18(16)9-15/h3-6,10,12,15,17H,7-9,11,20H2,1-2H3,(H,21,24)(H,22,23)/t15-,17-/m0/s1. The van der Waals surface area contributed by atoms with Gasteiger partial charge < -0.3 is 11.1 Å². The minimum Gasteiger partial charge on any atom is -0.354 e. The summed E-state index contributed by atoms with van der Waals surface area (Å²) < 4.78 is 0. The van der Waals surface area contributed by atoms with Crippen LogP contribution in [-0.4, -0.2) is 22.6 Å². The van der Waals surface area contributed by atoms with E-state index in [4.69, 9.17) is 5.73 Å². The molecule has 4 N–H and O–H groups in total. The molecule has 3 rings (SSSR count). The molecule has 0 spiro atoms. The van der Waals surface area contributed by atoms with Crippen molar-refractivity contribution in [2.45, 2.75) is 45.1 Å². The van der Waals surface area contributed by atoms with E-state index in [-0.39, 0.29) is 17.9 Å². The lowest BCUT2D eigenvalue weighted by Gasteiger charge is -2.22. The number of nitrogens with zero attached hydrogens (tertiary/aromatic N) is 1. The summed E-state index contributed by atoms with van der Waals surface area (Å²) in [6, 6.07) is 8.17. The van der Waals surface area contributed by atoms with Gasteiger partial charge in [-0.3, -0.25) is 9.89 Å². The number of hydrogen-bond acceptors (Lipinski definition) is 3. The first kappa shape index (κ1) is 16.7.